The average molecular weight is 319 g/mol. The summed E-state index contributed by atoms with van der Waals surface area (Å²) in [6.45, 7) is 4.99. The van der Waals surface area contributed by atoms with Gasteiger partial charge in [0, 0.05) is 12.6 Å². The Bertz CT molecular complexity index is 705. The van der Waals surface area contributed by atoms with E-state index in [4.69, 9.17) is 4.42 Å². The summed E-state index contributed by atoms with van der Waals surface area (Å²) < 4.78 is 6.52. The first-order valence-electron chi connectivity index (χ1n) is 7.89. The number of hydrogen-bond donors (Lipinski definition) is 1. The maximum absolute atomic E-state index is 12.3. The number of likely N-dealkylation sites (N-methyl/N-ethyl adjacent to an activating group) is 1. The molecule has 1 amide bonds. The second-order valence-electron chi connectivity index (χ2n) is 6.58. The zero-order valence-electron chi connectivity index (χ0n) is 14.2. The molecule has 0 aliphatic heterocycles. The first-order chi connectivity index (χ1) is 10.9. The highest BCUT2D eigenvalue weighted by Crippen LogP contribution is 2.11. The fourth-order valence-corrected chi connectivity index (χ4v) is 2.77. The first-order valence-corrected chi connectivity index (χ1v) is 7.89. The third-order valence-corrected chi connectivity index (χ3v) is 3.58. The fourth-order valence-electron chi connectivity index (χ4n) is 2.77. The molecule has 0 fully saturated rings. The predicted octanol–water partition coefficient (Wildman–Crippen LogP) is 1.69. The van der Waals surface area contributed by atoms with Gasteiger partial charge in [0.1, 0.15) is 6.54 Å². The lowest BCUT2D eigenvalue weighted by Gasteiger charge is -2.24. The van der Waals surface area contributed by atoms with Gasteiger partial charge in [-0.3, -0.25) is 9.36 Å². The van der Waals surface area contributed by atoms with Crippen molar-refractivity contribution in [1.82, 2.24) is 14.8 Å². The van der Waals surface area contributed by atoms with Crippen LogP contribution in [-0.2, 0) is 11.3 Å². The van der Waals surface area contributed by atoms with Crippen molar-refractivity contribution in [3.05, 3.63) is 34.8 Å². The van der Waals surface area contributed by atoms with Crippen molar-refractivity contribution in [3.63, 3.8) is 0 Å². The van der Waals surface area contributed by atoms with Crippen molar-refractivity contribution in [3.8, 4) is 0 Å². The van der Waals surface area contributed by atoms with Gasteiger partial charge in [-0.25, -0.2) is 4.79 Å². The molecule has 126 valence electrons. The monoisotopic (exact) mass is 319 g/mol. The molecule has 6 heteroatoms. The molecule has 1 heterocycles. The summed E-state index contributed by atoms with van der Waals surface area (Å²) in [6, 6.07) is 7.17. The van der Waals surface area contributed by atoms with Gasteiger partial charge >= 0.3 is 5.76 Å². The average Bonchev–Trinajstić information content (AvgIpc) is 2.73. The summed E-state index contributed by atoms with van der Waals surface area (Å²) in [6.07, 6.45) is 0.894. The molecular formula is C17H25N3O3. The Hall–Kier alpha value is -2.08. The van der Waals surface area contributed by atoms with Crippen LogP contribution in [0.2, 0.25) is 0 Å². The van der Waals surface area contributed by atoms with Crippen LogP contribution >= 0.6 is 0 Å². The molecule has 0 spiro atoms. The van der Waals surface area contributed by atoms with Crippen molar-refractivity contribution in [1.29, 1.82) is 0 Å². The van der Waals surface area contributed by atoms with Crippen LogP contribution in [0, 0.1) is 5.92 Å². The third-order valence-electron chi connectivity index (χ3n) is 3.58. The Labute approximate surface area is 136 Å². The second kappa shape index (κ2) is 7.46. The maximum atomic E-state index is 12.3. The summed E-state index contributed by atoms with van der Waals surface area (Å²) in [5, 5.41) is 3.03. The number of nitrogens with zero attached hydrogens (tertiary/aromatic N) is 2. The number of carbonyl (C=O) groups is 1. The second-order valence-corrected chi connectivity index (χ2v) is 6.58. The number of para-hydroxylation sites is 2. The third kappa shape index (κ3) is 4.69. The summed E-state index contributed by atoms with van der Waals surface area (Å²) in [5.74, 6) is -0.196. The standard InChI is InChI=1S/C17H25N3O3/c1-12(2)9-13(10-19(3)4)18-16(21)11-20-14-7-5-6-8-15(14)23-17(20)22/h5-8,12-13H,9-11H2,1-4H3,(H,18,21). The van der Waals surface area contributed by atoms with Gasteiger partial charge in [-0.1, -0.05) is 26.0 Å². The van der Waals surface area contributed by atoms with Gasteiger partial charge < -0.3 is 14.6 Å². The Balaban J connectivity index is 2.10. The molecule has 1 atom stereocenters. The quantitative estimate of drug-likeness (QED) is 0.843. The Morgan fingerprint density at radius 3 is 2.65 bits per heavy atom. The number of aromatic nitrogens is 1. The van der Waals surface area contributed by atoms with E-state index < -0.39 is 5.76 Å². The first kappa shape index (κ1) is 17.3. The number of benzene rings is 1. The largest absolute Gasteiger partial charge is 0.420 e. The molecule has 0 saturated carbocycles. The van der Waals surface area contributed by atoms with E-state index in [1.165, 1.54) is 4.57 Å². The maximum Gasteiger partial charge on any atom is 0.420 e. The van der Waals surface area contributed by atoms with E-state index in [0.717, 1.165) is 13.0 Å². The topological polar surface area (TPSA) is 67.5 Å². The molecule has 0 aliphatic carbocycles. The molecule has 1 aromatic heterocycles. The number of oxazole rings is 1. The normalized spacial score (nSPS) is 13.0. The Kier molecular flexibility index (Phi) is 5.60. The molecule has 1 N–H and O–H groups in total. The lowest BCUT2D eigenvalue weighted by Crippen LogP contribution is -2.44. The number of fused-ring (bicyclic) bond motifs is 1. The highest BCUT2D eigenvalue weighted by molar-refractivity contribution is 5.79. The highest BCUT2D eigenvalue weighted by Gasteiger charge is 2.17. The smallest absolute Gasteiger partial charge is 0.408 e. The summed E-state index contributed by atoms with van der Waals surface area (Å²) in [7, 11) is 3.96. The van der Waals surface area contributed by atoms with Crippen LogP contribution in [0.3, 0.4) is 0 Å². The van der Waals surface area contributed by atoms with Crippen molar-refractivity contribution in [2.75, 3.05) is 20.6 Å². The van der Waals surface area contributed by atoms with Crippen molar-refractivity contribution in [2.45, 2.75) is 32.9 Å². The van der Waals surface area contributed by atoms with E-state index in [1.807, 2.05) is 25.1 Å². The highest BCUT2D eigenvalue weighted by atomic mass is 16.4. The number of hydrogen-bond acceptors (Lipinski definition) is 4. The molecule has 2 rings (SSSR count). The molecular weight excluding hydrogens is 294 g/mol. The number of rotatable bonds is 7. The van der Waals surface area contributed by atoms with Gasteiger partial charge in [0.2, 0.25) is 5.91 Å². The van der Waals surface area contributed by atoms with Crippen LogP contribution < -0.4 is 11.1 Å². The molecule has 6 nitrogen and oxygen atoms in total. The SMILES string of the molecule is CC(C)CC(CN(C)C)NC(=O)Cn1c(=O)oc2ccccc21. The molecule has 23 heavy (non-hydrogen) atoms. The molecule has 0 radical (unpaired) electrons. The lowest BCUT2D eigenvalue weighted by atomic mass is 10.0. The van der Waals surface area contributed by atoms with E-state index >= 15 is 0 Å². The zero-order valence-corrected chi connectivity index (χ0v) is 14.2. The molecule has 1 unspecified atom stereocenters. The Morgan fingerprint density at radius 1 is 1.30 bits per heavy atom. The zero-order chi connectivity index (χ0) is 17.0. The van der Waals surface area contributed by atoms with E-state index in [1.54, 1.807) is 18.2 Å². The molecule has 0 aliphatic rings. The number of amides is 1. The van der Waals surface area contributed by atoms with Crippen LogP contribution in [-0.4, -0.2) is 42.1 Å². The van der Waals surface area contributed by atoms with Crippen LogP contribution in [0.25, 0.3) is 11.1 Å². The summed E-state index contributed by atoms with van der Waals surface area (Å²) >= 11 is 0. The van der Waals surface area contributed by atoms with Gasteiger partial charge in [-0.15, -0.1) is 0 Å². The molecule has 2 aromatic rings. The van der Waals surface area contributed by atoms with Crippen LogP contribution in [0.1, 0.15) is 20.3 Å². The fraction of sp³-hybridized carbons (Fsp3) is 0.529. The molecule has 0 bridgehead atoms. The summed E-state index contributed by atoms with van der Waals surface area (Å²) in [4.78, 5) is 26.3. The van der Waals surface area contributed by atoms with E-state index in [-0.39, 0.29) is 18.5 Å². The van der Waals surface area contributed by atoms with E-state index in [0.29, 0.717) is 17.0 Å². The van der Waals surface area contributed by atoms with E-state index in [9.17, 15) is 9.59 Å². The van der Waals surface area contributed by atoms with Crippen LogP contribution in [0.5, 0.6) is 0 Å². The Morgan fingerprint density at radius 2 is 2.00 bits per heavy atom. The van der Waals surface area contributed by atoms with Gasteiger partial charge in [-0.05, 0) is 38.6 Å². The predicted molar refractivity (Wildman–Crippen MR) is 90.4 cm³/mol. The van der Waals surface area contributed by atoms with Gasteiger partial charge in [0.05, 0.1) is 5.52 Å². The summed E-state index contributed by atoms with van der Waals surface area (Å²) in [5.41, 5.74) is 1.14. The van der Waals surface area contributed by atoms with Crippen molar-refractivity contribution < 1.29 is 9.21 Å². The minimum Gasteiger partial charge on any atom is -0.408 e. The van der Waals surface area contributed by atoms with Crippen molar-refractivity contribution >= 4 is 17.0 Å². The minimum atomic E-state index is -0.505. The minimum absolute atomic E-state index is 0.0299. The van der Waals surface area contributed by atoms with Crippen LogP contribution in [0.15, 0.2) is 33.5 Å². The van der Waals surface area contributed by atoms with Gasteiger partial charge in [-0.2, -0.15) is 0 Å². The lowest BCUT2D eigenvalue weighted by molar-refractivity contribution is -0.122. The molecule has 1 aromatic carbocycles. The van der Waals surface area contributed by atoms with Crippen LogP contribution in [0.4, 0.5) is 0 Å². The number of carbonyl (C=O) groups excluding carboxylic acids is 1. The van der Waals surface area contributed by atoms with Gasteiger partial charge in [0.25, 0.3) is 0 Å². The van der Waals surface area contributed by atoms with Gasteiger partial charge in [0.15, 0.2) is 5.58 Å². The number of nitrogens with one attached hydrogen (secondary N) is 1. The van der Waals surface area contributed by atoms with Crippen molar-refractivity contribution in [2.24, 2.45) is 5.92 Å². The molecule has 0 saturated heterocycles. The van der Waals surface area contributed by atoms with E-state index in [2.05, 4.69) is 19.2 Å².